The summed E-state index contributed by atoms with van der Waals surface area (Å²) in [5.74, 6) is -3.08. The number of hydrogen-bond acceptors (Lipinski definition) is 3. The highest BCUT2D eigenvalue weighted by atomic mass is 19.4. The van der Waals surface area contributed by atoms with Gasteiger partial charge in [0.05, 0.1) is 18.2 Å². The zero-order chi connectivity index (χ0) is 27.6. The predicted molar refractivity (Wildman–Crippen MR) is 119 cm³/mol. The third kappa shape index (κ3) is 6.71. The summed E-state index contributed by atoms with van der Waals surface area (Å²) in [6.45, 7) is 1.06. The highest BCUT2D eigenvalue weighted by Gasteiger charge is 2.46. The first-order valence-electron chi connectivity index (χ1n) is 11.4. The number of ether oxygens (including phenoxy) is 1. The number of nitrogens with zero attached hydrogens (tertiary/aromatic N) is 1. The van der Waals surface area contributed by atoms with Gasteiger partial charge in [-0.05, 0) is 54.8 Å². The second-order valence-electron chi connectivity index (χ2n) is 9.07. The standard InChI is InChI=1S/C25H26F8N2O2/c1-22(17-4-3-5-20(15-17)37-2,35-10-7-23(26,27)8-11-35)21(36)34-9-6-16-12-18(24(28,29)30)14-19(13-16)25(31,32)33/h3-5,12-15H,6-11H2,1-2H3,(H,34,36). The van der Waals surface area contributed by atoms with E-state index in [0.717, 1.165) is 0 Å². The van der Waals surface area contributed by atoms with Gasteiger partial charge in [0.1, 0.15) is 11.3 Å². The maximum Gasteiger partial charge on any atom is 0.416 e. The number of halogens is 8. The molecule has 0 spiro atoms. The van der Waals surface area contributed by atoms with Crippen molar-refractivity contribution in [3.8, 4) is 5.75 Å². The number of likely N-dealkylation sites (tertiary alicyclic amines) is 1. The van der Waals surface area contributed by atoms with E-state index in [-0.39, 0.29) is 37.7 Å². The Balaban J connectivity index is 1.84. The van der Waals surface area contributed by atoms with E-state index in [0.29, 0.717) is 23.4 Å². The molecule has 204 valence electrons. The Morgan fingerprint density at radius 3 is 2.03 bits per heavy atom. The second-order valence-corrected chi connectivity index (χ2v) is 9.07. The van der Waals surface area contributed by atoms with Gasteiger partial charge in [0.15, 0.2) is 0 Å². The average molecular weight is 538 g/mol. The molecule has 2 aromatic rings. The number of carbonyl (C=O) groups excluding carboxylic acids is 1. The lowest BCUT2D eigenvalue weighted by molar-refractivity contribution is -0.143. The van der Waals surface area contributed by atoms with Gasteiger partial charge >= 0.3 is 12.4 Å². The molecule has 0 aromatic heterocycles. The fraction of sp³-hybridized carbons (Fsp3) is 0.480. The van der Waals surface area contributed by atoms with E-state index in [4.69, 9.17) is 4.74 Å². The Hall–Kier alpha value is -2.89. The summed E-state index contributed by atoms with van der Waals surface area (Å²) in [6.07, 6.45) is -11.2. The molecule has 3 rings (SSSR count). The summed E-state index contributed by atoms with van der Waals surface area (Å²) in [5.41, 5.74) is -4.16. The van der Waals surface area contributed by atoms with Crippen LogP contribution < -0.4 is 10.1 Å². The number of carbonyl (C=O) groups is 1. The van der Waals surface area contributed by atoms with Crippen LogP contribution >= 0.6 is 0 Å². The lowest BCUT2D eigenvalue weighted by atomic mass is 9.86. The zero-order valence-electron chi connectivity index (χ0n) is 20.1. The predicted octanol–water partition coefficient (Wildman–Crippen LogP) is 6.04. The molecule has 1 aliphatic rings. The summed E-state index contributed by atoms with van der Waals surface area (Å²) >= 11 is 0. The Morgan fingerprint density at radius 2 is 1.51 bits per heavy atom. The molecular formula is C25H26F8N2O2. The van der Waals surface area contributed by atoms with Gasteiger partial charge in [0, 0.05) is 32.5 Å². The minimum atomic E-state index is -4.99. The number of piperidine rings is 1. The SMILES string of the molecule is COc1cccc(C(C)(C(=O)NCCc2cc(C(F)(F)F)cc(C(F)(F)F)c2)N2CCC(F)(F)CC2)c1. The molecular weight excluding hydrogens is 512 g/mol. The molecule has 4 nitrogen and oxygen atoms in total. The summed E-state index contributed by atoms with van der Waals surface area (Å²) in [5, 5.41) is 2.57. The number of methoxy groups -OCH3 is 1. The molecule has 1 atom stereocenters. The first-order valence-corrected chi connectivity index (χ1v) is 11.4. The topological polar surface area (TPSA) is 41.6 Å². The van der Waals surface area contributed by atoms with Gasteiger partial charge in [-0.2, -0.15) is 26.3 Å². The van der Waals surface area contributed by atoms with E-state index < -0.39 is 53.7 Å². The summed E-state index contributed by atoms with van der Waals surface area (Å²) < 4.78 is 112. The van der Waals surface area contributed by atoms with Gasteiger partial charge in [-0.1, -0.05) is 12.1 Å². The van der Waals surface area contributed by atoms with Crippen LogP contribution in [0.2, 0.25) is 0 Å². The molecule has 0 saturated carbocycles. The first kappa shape index (κ1) is 28.7. The minimum absolute atomic E-state index is 0.0358. The van der Waals surface area contributed by atoms with E-state index >= 15 is 0 Å². The lowest BCUT2D eigenvalue weighted by Gasteiger charge is -2.44. The molecule has 1 amide bonds. The highest BCUT2D eigenvalue weighted by molar-refractivity contribution is 5.87. The van der Waals surface area contributed by atoms with Crippen LogP contribution in [0.1, 0.15) is 42.0 Å². The molecule has 0 aliphatic carbocycles. The molecule has 1 aliphatic heterocycles. The third-order valence-corrected chi connectivity index (χ3v) is 6.55. The van der Waals surface area contributed by atoms with Crippen LogP contribution in [0.5, 0.6) is 5.75 Å². The van der Waals surface area contributed by atoms with Crippen molar-refractivity contribution < 1.29 is 44.7 Å². The van der Waals surface area contributed by atoms with E-state index in [1.807, 2.05) is 0 Å². The van der Waals surface area contributed by atoms with E-state index in [9.17, 15) is 39.9 Å². The molecule has 1 N–H and O–H groups in total. The van der Waals surface area contributed by atoms with Crippen molar-refractivity contribution in [1.29, 1.82) is 0 Å². The Labute approximate surface area is 208 Å². The van der Waals surface area contributed by atoms with Crippen LogP contribution in [0.4, 0.5) is 35.1 Å². The van der Waals surface area contributed by atoms with Crippen LogP contribution in [0.15, 0.2) is 42.5 Å². The van der Waals surface area contributed by atoms with Crippen molar-refractivity contribution in [3.05, 3.63) is 64.7 Å². The van der Waals surface area contributed by atoms with Crippen molar-refractivity contribution in [3.63, 3.8) is 0 Å². The van der Waals surface area contributed by atoms with Crippen molar-refractivity contribution in [2.45, 2.75) is 50.0 Å². The van der Waals surface area contributed by atoms with Crippen LogP contribution in [-0.4, -0.2) is 43.5 Å². The van der Waals surface area contributed by atoms with Crippen LogP contribution in [0, 0.1) is 0 Å². The Morgan fingerprint density at radius 1 is 0.946 bits per heavy atom. The molecule has 2 aromatic carbocycles. The van der Waals surface area contributed by atoms with Gasteiger partial charge in [-0.3, -0.25) is 9.69 Å². The number of amides is 1. The molecule has 1 fully saturated rings. The molecule has 37 heavy (non-hydrogen) atoms. The minimum Gasteiger partial charge on any atom is -0.497 e. The summed E-state index contributed by atoms with van der Waals surface area (Å²) in [6, 6.07) is 7.71. The van der Waals surface area contributed by atoms with Gasteiger partial charge in [-0.25, -0.2) is 8.78 Å². The maximum atomic E-state index is 13.8. The fourth-order valence-corrected chi connectivity index (χ4v) is 4.32. The third-order valence-electron chi connectivity index (χ3n) is 6.55. The molecule has 0 bridgehead atoms. The van der Waals surface area contributed by atoms with Crippen molar-refractivity contribution >= 4 is 5.91 Å². The van der Waals surface area contributed by atoms with Gasteiger partial charge < -0.3 is 10.1 Å². The zero-order valence-corrected chi connectivity index (χ0v) is 20.1. The smallest absolute Gasteiger partial charge is 0.416 e. The largest absolute Gasteiger partial charge is 0.497 e. The first-order chi connectivity index (χ1) is 17.1. The lowest BCUT2D eigenvalue weighted by Crippen LogP contribution is -2.58. The van der Waals surface area contributed by atoms with Gasteiger partial charge in [0.25, 0.3) is 5.92 Å². The van der Waals surface area contributed by atoms with Crippen LogP contribution in [-0.2, 0) is 29.1 Å². The van der Waals surface area contributed by atoms with E-state index in [1.165, 1.54) is 14.0 Å². The highest BCUT2D eigenvalue weighted by Crippen LogP contribution is 2.38. The number of benzene rings is 2. The normalized spacial score (nSPS) is 18.2. The number of alkyl halides is 8. The van der Waals surface area contributed by atoms with Crippen molar-refractivity contribution in [2.75, 3.05) is 26.7 Å². The Bertz CT molecular complexity index is 1070. The molecule has 1 heterocycles. The van der Waals surface area contributed by atoms with Gasteiger partial charge in [0.2, 0.25) is 5.91 Å². The van der Waals surface area contributed by atoms with E-state index in [2.05, 4.69) is 5.32 Å². The van der Waals surface area contributed by atoms with Crippen molar-refractivity contribution in [2.24, 2.45) is 0 Å². The average Bonchev–Trinajstić information content (AvgIpc) is 2.82. The summed E-state index contributed by atoms with van der Waals surface area (Å²) in [4.78, 5) is 15.0. The van der Waals surface area contributed by atoms with Gasteiger partial charge in [-0.15, -0.1) is 0 Å². The van der Waals surface area contributed by atoms with Crippen LogP contribution in [0.25, 0.3) is 0 Å². The molecule has 12 heteroatoms. The number of rotatable bonds is 7. The quantitative estimate of drug-likeness (QED) is 0.438. The number of nitrogens with one attached hydrogen (secondary N) is 1. The Kier molecular flexibility index (Phi) is 8.11. The molecule has 1 saturated heterocycles. The fourth-order valence-electron chi connectivity index (χ4n) is 4.32. The monoisotopic (exact) mass is 538 g/mol. The molecule has 1 unspecified atom stereocenters. The maximum absolute atomic E-state index is 13.8. The van der Waals surface area contributed by atoms with Crippen LogP contribution in [0.3, 0.4) is 0 Å². The summed E-state index contributed by atoms with van der Waals surface area (Å²) in [7, 11) is 1.42. The second kappa shape index (κ2) is 10.5. The van der Waals surface area contributed by atoms with E-state index in [1.54, 1.807) is 29.2 Å². The molecule has 0 radical (unpaired) electrons. The number of hydrogen-bond donors (Lipinski definition) is 1. The van der Waals surface area contributed by atoms with Crippen molar-refractivity contribution in [1.82, 2.24) is 10.2 Å².